The Bertz CT molecular complexity index is 465. The number of piperidine rings is 1. The molecule has 1 aromatic rings. The topological polar surface area (TPSA) is 49.6 Å². The van der Waals surface area contributed by atoms with E-state index in [1.807, 2.05) is 0 Å². The lowest BCUT2D eigenvalue weighted by atomic mass is 10.1. The summed E-state index contributed by atoms with van der Waals surface area (Å²) in [6.45, 7) is 4.08. The van der Waals surface area contributed by atoms with Gasteiger partial charge >= 0.3 is 0 Å². The molecule has 2 heterocycles. The molecule has 1 amide bonds. The predicted molar refractivity (Wildman–Crippen MR) is 80.5 cm³/mol. The highest BCUT2D eigenvalue weighted by molar-refractivity contribution is 5.96. The van der Waals surface area contributed by atoms with Gasteiger partial charge in [0.1, 0.15) is 0 Å². The van der Waals surface area contributed by atoms with Crippen LogP contribution in [0.4, 0.5) is 5.69 Å². The Morgan fingerprint density at radius 3 is 2.40 bits per heavy atom. The fourth-order valence-corrected chi connectivity index (χ4v) is 3.14. The zero-order valence-corrected chi connectivity index (χ0v) is 11.9. The number of nitrogens with zero attached hydrogens (tertiary/aromatic N) is 2. The maximum atomic E-state index is 11.8. The van der Waals surface area contributed by atoms with Gasteiger partial charge in [-0.25, -0.2) is 0 Å². The van der Waals surface area contributed by atoms with Crippen molar-refractivity contribution >= 4 is 11.6 Å². The van der Waals surface area contributed by atoms with Gasteiger partial charge in [0.15, 0.2) is 0 Å². The van der Waals surface area contributed by atoms with Gasteiger partial charge in [-0.1, -0.05) is 18.6 Å². The number of hydrogen-bond acceptors (Lipinski definition) is 3. The third-order valence-electron chi connectivity index (χ3n) is 4.26. The second kappa shape index (κ2) is 5.94. The molecular weight excluding hydrogens is 250 g/mol. The van der Waals surface area contributed by atoms with Gasteiger partial charge in [0.05, 0.1) is 0 Å². The molecule has 0 aliphatic carbocycles. The fraction of sp³-hybridized carbons (Fsp3) is 0.562. The number of nitrogens with two attached hydrogens (primary N) is 1. The normalized spacial score (nSPS) is 24.4. The van der Waals surface area contributed by atoms with Crippen molar-refractivity contribution in [2.24, 2.45) is 5.73 Å². The van der Waals surface area contributed by atoms with Crippen LogP contribution in [0, 0.1) is 0 Å². The number of hydrogen-bond donors (Lipinski definition) is 1. The summed E-state index contributed by atoms with van der Waals surface area (Å²) >= 11 is 0. The number of carbonyl (C=O) groups is 1. The number of rotatable bonds is 3. The standard InChI is InChI=1S/C16H23N3O/c17-14-10-16(20)19(12-14)15-6-4-13(5-7-15)11-18-8-2-1-3-9-18/h4-7,14H,1-3,8-12,17H2/t14-/m0/s1. The van der Waals surface area contributed by atoms with Crippen LogP contribution in [0.2, 0.25) is 0 Å². The molecule has 2 aliphatic heterocycles. The maximum absolute atomic E-state index is 11.8. The van der Waals surface area contributed by atoms with Crippen molar-refractivity contribution in [2.75, 3.05) is 24.5 Å². The van der Waals surface area contributed by atoms with Gasteiger partial charge in [0, 0.05) is 31.2 Å². The first-order valence-corrected chi connectivity index (χ1v) is 7.59. The number of likely N-dealkylation sites (tertiary alicyclic amines) is 1. The Morgan fingerprint density at radius 1 is 1.10 bits per heavy atom. The van der Waals surface area contributed by atoms with E-state index in [2.05, 4.69) is 29.2 Å². The average Bonchev–Trinajstić information content (AvgIpc) is 2.80. The van der Waals surface area contributed by atoms with Crippen LogP contribution in [0.5, 0.6) is 0 Å². The van der Waals surface area contributed by atoms with E-state index in [1.54, 1.807) is 4.90 Å². The Balaban J connectivity index is 1.63. The molecule has 3 rings (SSSR count). The van der Waals surface area contributed by atoms with Gasteiger partial charge in [-0.15, -0.1) is 0 Å². The van der Waals surface area contributed by atoms with Crippen molar-refractivity contribution in [3.05, 3.63) is 29.8 Å². The van der Waals surface area contributed by atoms with Crippen LogP contribution >= 0.6 is 0 Å². The predicted octanol–water partition coefficient (Wildman–Crippen LogP) is 1.74. The molecule has 0 radical (unpaired) electrons. The van der Waals surface area contributed by atoms with Crippen molar-refractivity contribution in [3.63, 3.8) is 0 Å². The van der Waals surface area contributed by atoms with Crippen LogP contribution in [0.25, 0.3) is 0 Å². The second-order valence-electron chi connectivity index (χ2n) is 5.97. The largest absolute Gasteiger partial charge is 0.326 e. The van der Waals surface area contributed by atoms with Gasteiger partial charge in [-0.05, 0) is 43.6 Å². The van der Waals surface area contributed by atoms with E-state index in [4.69, 9.17) is 5.73 Å². The number of benzene rings is 1. The summed E-state index contributed by atoms with van der Waals surface area (Å²) < 4.78 is 0. The molecule has 0 saturated carbocycles. The summed E-state index contributed by atoms with van der Waals surface area (Å²) in [5.74, 6) is 0.140. The molecule has 0 bridgehead atoms. The van der Waals surface area contributed by atoms with Crippen LogP contribution in [0.15, 0.2) is 24.3 Å². The summed E-state index contributed by atoms with van der Waals surface area (Å²) in [4.78, 5) is 16.1. The van der Waals surface area contributed by atoms with Gasteiger partial charge < -0.3 is 10.6 Å². The minimum absolute atomic E-state index is 0.0180. The first-order chi connectivity index (χ1) is 9.72. The highest BCUT2D eigenvalue weighted by atomic mass is 16.2. The van der Waals surface area contributed by atoms with Crippen molar-refractivity contribution in [2.45, 2.75) is 38.3 Å². The van der Waals surface area contributed by atoms with Crippen molar-refractivity contribution in [1.82, 2.24) is 4.90 Å². The van der Waals surface area contributed by atoms with E-state index in [9.17, 15) is 4.79 Å². The fourth-order valence-electron chi connectivity index (χ4n) is 3.14. The van der Waals surface area contributed by atoms with Gasteiger partial charge in [0.25, 0.3) is 0 Å². The van der Waals surface area contributed by atoms with Crippen molar-refractivity contribution in [3.8, 4) is 0 Å². The summed E-state index contributed by atoms with van der Waals surface area (Å²) in [5, 5.41) is 0. The number of carbonyl (C=O) groups excluding carboxylic acids is 1. The highest BCUT2D eigenvalue weighted by Crippen LogP contribution is 2.22. The molecule has 1 aromatic carbocycles. The van der Waals surface area contributed by atoms with Crippen LogP contribution in [-0.4, -0.2) is 36.5 Å². The molecule has 4 heteroatoms. The smallest absolute Gasteiger partial charge is 0.228 e. The van der Waals surface area contributed by atoms with E-state index < -0.39 is 0 Å². The highest BCUT2D eigenvalue weighted by Gasteiger charge is 2.27. The molecule has 0 aromatic heterocycles. The average molecular weight is 273 g/mol. The summed E-state index contributed by atoms with van der Waals surface area (Å²) in [6.07, 6.45) is 4.47. The van der Waals surface area contributed by atoms with Gasteiger partial charge in [0.2, 0.25) is 5.91 Å². The molecule has 108 valence electrons. The summed E-state index contributed by atoms with van der Waals surface area (Å²) in [6, 6.07) is 8.36. The van der Waals surface area contributed by atoms with E-state index in [-0.39, 0.29) is 11.9 Å². The maximum Gasteiger partial charge on any atom is 0.228 e. The lowest BCUT2D eigenvalue weighted by Gasteiger charge is -2.26. The minimum atomic E-state index is -0.0180. The number of anilines is 1. The first kappa shape index (κ1) is 13.6. The van der Waals surface area contributed by atoms with E-state index >= 15 is 0 Å². The lowest BCUT2D eigenvalue weighted by molar-refractivity contribution is -0.117. The minimum Gasteiger partial charge on any atom is -0.326 e. The van der Waals surface area contributed by atoms with E-state index in [0.717, 1.165) is 12.2 Å². The van der Waals surface area contributed by atoms with Crippen LogP contribution in [0.3, 0.4) is 0 Å². The Labute approximate surface area is 120 Å². The second-order valence-corrected chi connectivity index (χ2v) is 5.97. The molecule has 20 heavy (non-hydrogen) atoms. The van der Waals surface area contributed by atoms with Crippen LogP contribution in [0.1, 0.15) is 31.2 Å². The Hall–Kier alpha value is -1.39. The first-order valence-electron chi connectivity index (χ1n) is 7.59. The van der Waals surface area contributed by atoms with E-state index in [1.165, 1.54) is 37.9 Å². The third kappa shape index (κ3) is 3.02. The zero-order valence-electron chi connectivity index (χ0n) is 11.9. The summed E-state index contributed by atoms with van der Waals surface area (Å²) in [5.41, 5.74) is 8.14. The third-order valence-corrected chi connectivity index (χ3v) is 4.26. The molecule has 2 aliphatic rings. The molecular formula is C16H23N3O. The van der Waals surface area contributed by atoms with Crippen molar-refractivity contribution in [1.29, 1.82) is 0 Å². The summed E-state index contributed by atoms with van der Waals surface area (Å²) in [7, 11) is 0. The molecule has 2 fully saturated rings. The molecule has 0 unspecified atom stereocenters. The molecule has 1 atom stereocenters. The van der Waals surface area contributed by atoms with Crippen molar-refractivity contribution < 1.29 is 4.79 Å². The zero-order chi connectivity index (χ0) is 13.9. The molecule has 0 spiro atoms. The SMILES string of the molecule is N[C@H]1CC(=O)N(c2ccc(CN3CCCCC3)cc2)C1. The number of amides is 1. The van der Waals surface area contributed by atoms with E-state index in [0.29, 0.717) is 13.0 Å². The quantitative estimate of drug-likeness (QED) is 0.912. The Kier molecular flexibility index (Phi) is 4.03. The van der Waals surface area contributed by atoms with Crippen LogP contribution in [-0.2, 0) is 11.3 Å². The monoisotopic (exact) mass is 273 g/mol. The molecule has 4 nitrogen and oxygen atoms in total. The van der Waals surface area contributed by atoms with Gasteiger partial charge in [-0.3, -0.25) is 9.69 Å². The molecule has 2 N–H and O–H groups in total. The molecule has 2 saturated heterocycles. The van der Waals surface area contributed by atoms with Gasteiger partial charge in [-0.2, -0.15) is 0 Å². The Morgan fingerprint density at radius 2 is 1.80 bits per heavy atom. The lowest BCUT2D eigenvalue weighted by Crippen LogP contribution is -2.29. The van der Waals surface area contributed by atoms with Crippen LogP contribution < -0.4 is 10.6 Å².